The minimum atomic E-state index is -0.475. The number of piperidine rings is 1. The quantitative estimate of drug-likeness (QED) is 0.824. The number of likely N-dealkylation sites (tertiary alicyclic amines) is 1. The molecule has 2 amide bonds. The van der Waals surface area contributed by atoms with Crippen LogP contribution in [0.2, 0.25) is 0 Å². The van der Waals surface area contributed by atoms with E-state index in [1.807, 2.05) is 0 Å². The molecular formula is C13H15FN2O2. The topological polar surface area (TPSA) is 63.4 Å². The molecule has 2 rings (SSSR count). The minimum Gasteiger partial charge on any atom is -0.322 e. The second-order valence-electron chi connectivity index (χ2n) is 4.41. The second-order valence-corrected chi connectivity index (χ2v) is 4.41. The summed E-state index contributed by atoms with van der Waals surface area (Å²) in [7, 11) is 0. The Labute approximate surface area is 105 Å². The molecule has 4 nitrogen and oxygen atoms in total. The fourth-order valence-corrected chi connectivity index (χ4v) is 2.02. The van der Waals surface area contributed by atoms with Gasteiger partial charge in [0.1, 0.15) is 5.82 Å². The average molecular weight is 250 g/mol. The summed E-state index contributed by atoms with van der Waals surface area (Å²) in [5.74, 6) is -0.691. The normalized spacial score (nSPS) is 18.0. The summed E-state index contributed by atoms with van der Waals surface area (Å²) >= 11 is 0. The summed E-state index contributed by atoms with van der Waals surface area (Å²) in [5.41, 5.74) is 6.64. The molecule has 1 saturated heterocycles. The highest BCUT2D eigenvalue weighted by atomic mass is 19.1. The molecule has 1 aromatic rings. The molecule has 1 fully saturated rings. The first kappa shape index (κ1) is 12.7. The van der Waals surface area contributed by atoms with Gasteiger partial charge in [-0.1, -0.05) is 12.1 Å². The number of amides is 2. The van der Waals surface area contributed by atoms with Crippen LogP contribution >= 0.6 is 0 Å². The monoisotopic (exact) mass is 250 g/mol. The maximum absolute atomic E-state index is 12.8. The van der Waals surface area contributed by atoms with E-state index < -0.39 is 6.04 Å². The van der Waals surface area contributed by atoms with Crippen LogP contribution in [0.4, 0.5) is 4.39 Å². The minimum absolute atomic E-state index is 0.156. The Bertz CT molecular complexity index is 443. The maximum Gasteiger partial charge on any atom is 0.229 e. The number of nitrogens with zero attached hydrogens (tertiary/aromatic N) is 1. The van der Waals surface area contributed by atoms with Crippen molar-refractivity contribution in [1.82, 2.24) is 4.90 Å². The van der Waals surface area contributed by atoms with Crippen molar-refractivity contribution >= 4 is 11.8 Å². The molecule has 0 radical (unpaired) electrons. The van der Waals surface area contributed by atoms with E-state index in [0.717, 1.165) is 0 Å². The number of carbonyl (C=O) groups excluding carboxylic acids is 2. The Morgan fingerprint density at radius 2 is 1.72 bits per heavy atom. The molecule has 0 aromatic heterocycles. The van der Waals surface area contributed by atoms with E-state index in [0.29, 0.717) is 24.8 Å². The number of rotatable bonds is 3. The number of hydrogen-bond acceptors (Lipinski definition) is 3. The first-order chi connectivity index (χ1) is 8.58. The van der Waals surface area contributed by atoms with Gasteiger partial charge in [0.15, 0.2) is 0 Å². The van der Waals surface area contributed by atoms with Gasteiger partial charge in [0.2, 0.25) is 11.8 Å². The summed E-state index contributed by atoms with van der Waals surface area (Å²) in [6.07, 6.45) is 1.39. The number of imide groups is 1. The molecule has 1 atom stereocenters. The zero-order valence-electron chi connectivity index (χ0n) is 9.93. The number of nitrogens with two attached hydrogens (primary N) is 1. The van der Waals surface area contributed by atoms with Gasteiger partial charge in [0, 0.05) is 25.4 Å². The van der Waals surface area contributed by atoms with Crippen LogP contribution < -0.4 is 5.73 Å². The summed E-state index contributed by atoms with van der Waals surface area (Å²) in [6.45, 7) is 0.156. The van der Waals surface area contributed by atoms with Crippen LogP contribution in [0.5, 0.6) is 0 Å². The van der Waals surface area contributed by atoms with Gasteiger partial charge >= 0.3 is 0 Å². The fraction of sp³-hybridized carbons (Fsp3) is 0.385. The van der Waals surface area contributed by atoms with Crippen molar-refractivity contribution in [3.63, 3.8) is 0 Å². The third-order valence-electron chi connectivity index (χ3n) is 3.06. The largest absolute Gasteiger partial charge is 0.322 e. The Morgan fingerprint density at radius 1 is 1.17 bits per heavy atom. The molecule has 0 saturated carbocycles. The molecule has 0 aliphatic carbocycles. The highest BCUT2D eigenvalue weighted by Crippen LogP contribution is 2.17. The first-order valence-corrected chi connectivity index (χ1v) is 5.92. The molecule has 1 unspecified atom stereocenters. The highest BCUT2D eigenvalue weighted by Gasteiger charge is 2.27. The average Bonchev–Trinajstić information content (AvgIpc) is 2.34. The molecule has 1 aliphatic rings. The van der Waals surface area contributed by atoms with Crippen molar-refractivity contribution in [2.75, 3.05) is 6.54 Å². The van der Waals surface area contributed by atoms with Gasteiger partial charge in [-0.05, 0) is 24.1 Å². The summed E-state index contributed by atoms with van der Waals surface area (Å²) in [4.78, 5) is 24.4. The Morgan fingerprint density at radius 3 is 2.28 bits per heavy atom. The first-order valence-electron chi connectivity index (χ1n) is 5.92. The summed E-state index contributed by atoms with van der Waals surface area (Å²) in [6, 6.07) is 5.29. The van der Waals surface area contributed by atoms with E-state index >= 15 is 0 Å². The lowest BCUT2D eigenvalue weighted by molar-refractivity contribution is -0.148. The van der Waals surface area contributed by atoms with Gasteiger partial charge in [-0.15, -0.1) is 0 Å². The van der Waals surface area contributed by atoms with Crippen LogP contribution in [-0.4, -0.2) is 23.3 Å². The van der Waals surface area contributed by atoms with Crippen LogP contribution in [0, 0.1) is 5.82 Å². The molecule has 96 valence electrons. The summed E-state index contributed by atoms with van der Waals surface area (Å²) in [5, 5.41) is 0. The molecule has 2 N–H and O–H groups in total. The standard InChI is InChI=1S/C13H15FN2O2/c14-10-6-4-9(5-7-10)11(15)8-16-12(17)2-1-3-13(16)18/h4-7,11H,1-3,8,15H2. The summed E-state index contributed by atoms with van der Waals surface area (Å²) < 4.78 is 12.8. The molecule has 18 heavy (non-hydrogen) atoms. The Hall–Kier alpha value is -1.75. The molecular weight excluding hydrogens is 235 g/mol. The van der Waals surface area contributed by atoms with Gasteiger partial charge < -0.3 is 5.73 Å². The van der Waals surface area contributed by atoms with E-state index in [-0.39, 0.29) is 24.2 Å². The maximum atomic E-state index is 12.8. The highest BCUT2D eigenvalue weighted by molar-refractivity contribution is 5.97. The lowest BCUT2D eigenvalue weighted by Gasteiger charge is -2.27. The third kappa shape index (κ3) is 2.73. The lowest BCUT2D eigenvalue weighted by atomic mass is 10.0. The van der Waals surface area contributed by atoms with Crippen molar-refractivity contribution < 1.29 is 14.0 Å². The van der Waals surface area contributed by atoms with E-state index in [1.165, 1.54) is 17.0 Å². The SMILES string of the molecule is NC(CN1C(=O)CCCC1=O)c1ccc(F)cc1. The Balaban J connectivity index is 2.06. The van der Waals surface area contributed by atoms with Gasteiger partial charge in [0.25, 0.3) is 0 Å². The molecule has 1 heterocycles. The predicted molar refractivity (Wildman–Crippen MR) is 63.9 cm³/mol. The van der Waals surface area contributed by atoms with E-state index in [4.69, 9.17) is 5.73 Å². The predicted octanol–water partition coefficient (Wildman–Crippen LogP) is 1.36. The molecule has 5 heteroatoms. The number of halogens is 1. The zero-order valence-corrected chi connectivity index (χ0v) is 9.93. The third-order valence-corrected chi connectivity index (χ3v) is 3.06. The van der Waals surface area contributed by atoms with E-state index in [2.05, 4.69) is 0 Å². The van der Waals surface area contributed by atoms with Crippen LogP contribution in [0.25, 0.3) is 0 Å². The van der Waals surface area contributed by atoms with Crippen molar-refractivity contribution in [2.45, 2.75) is 25.3 Å². The van der Waals surface area contributed by atoms with E-state index in [9.17, 15) is 14.0 Å². The second kappa shape index (κ2) is 5.27. The fourth-order valence-electron chi connectivity index (χ4n) is 2.02. The van der Waals surface area contributed by atoms with Gasteiger partial charge in [-0.3, -0.25) is 14.5 Å². The number of carbonyl (C=O) groups is 2. The van der Waals surface area contributed by atoms with Crippen LogP contribution in [-0.2, 0) is 9.59 Å². The zero-order chi connectivity index (χ0) is 13.1. The van der Waals surface area contributed by atoms with Crippen LogP contribution in [0.1, 0.15) is 30.9 Å². The number of hydrogen-bond donors (Lipinski definition) is 1. The molecule has 0 bridgehead atoms. The molecule has 1 aliphatic heterocycles. The molecule has 1 aromatic carbocycles. The Kier molecular flexibility index (Phi) is 3.72. The van der Waals surface area contributed by atoms with Gasteiger partial charge in [-0.2, -0.15) is 0 Å². The smallest absolute Gasteiger partial charge is 0.229 e. The van der Waals surface area contributed by atoms with Crippen molar-refractivity contribution in [1.29, 1.82) is 0 Å². The van der Waals surface area contributed by atoms with Crippen LogP contribution in [0.3, 0.4) is 0 Å². The molecule has 0 spiro atoms. The van der Waals surface area contributed by atoms with Gasteiger partial charge in [-0.25, -0.2) is 4.39 Å². The van der Waals surface area contributed by atoms with Crippen molar-refractivity contribution in [2.24, 2.45) is 5.73 Å². The lowest BCUT2D eigenvalue weighted by Crippen LogP contribution is -2.43. The van der Waals surface area contributed by atoms with Crippen molar-refractivity contribution in [3.05, 3.63) is 35.6 Å². The van der Waals surface area contributed by atoms with Crippen molar-refractivity contribution in [3.8, 4) is 0 Å². The van der Waals surface area contributed by atoms with E-state index in [1.54, 1.807) is 12.1 Å². The van der Waals surface area contributed by atoms with Crippen LogP contribution in [0.15, 0.2) is 24.3 Å². The van der Waals surface area contributed by atoms with Gasteiger partial charge in [0.05, 0.1) is 0 Å². The number of benzene rings is 1.